The summed E-state index contributed by atoms with van der Waals surface area (Å²) >= 11 is 1.68. The third-order valence-corrected chi connectivity index (χ3v) is 10.6. The van der Waals surface area contributed by atoms with Crippen molar-refractivity contribution in [3.63, 3.8) is 0 Å². The number of likely N-dealkylation sites (tertiary alicyclic amines) is 1. The van der Waals surface area contributed by atoms with Crippen molar-refractivity contribution in [3.05, 3.63) is 35.5 Å². The van der Waals surface area contributed by atoms with E-state index in [1.807, 2.05) is 38.3 Å². The summed E-state index contributed by atoms with van der Waals surface area (Å²) < 4.78 is 43.9. The number of fused-ring (bicyclic) bond motifs is 1. The van der Waals surface area contributed by atoms with Gasteiger partial charge in [0.05, 0.1) is 17.6 Å². The molecule has 3 aliphatic rings. The molecule has 1 saturated carbocycles. The molecule has 5 rings (SSSR count). The summed E-state index contributed by atoms with van der Waals surface area (Å²) in [4.78, 5) is 28.4. The molecular weight excluding hydrogens is 553 g/mol. The van der Waals surface area contributed by atoms with Gasteiger partial charge < -0.3 is 15.2 Å². The number of para-hydroxylation sites is 1. The number of thioether (sulfide) groups is 1. The van der Waals surface area contributed by atoms with Crippen LogP contribution in [0.15, 0.2) is 24.3 Å². The molecule has 0 spiro atoms. The average molecular weight is 595 g/mol. The molecule has 2 aliphatic heterocycles. The Morgan fingerprint density at radius 1 is 1.20 bits per heavy atom. The second-order valence-electron chi connectivity index (χ2n) is 12.0. The summed E-state index contributed by atoms with van der Waals surface area (Å²) in [6.07, 6.45) is 1.41. The molecule has 2 saturated heterocycles. The van der Waals surface area contributed by atoms with Crippen molar-refractivity contribution in [1.29, 1.82) is 0 Å². The van der Waals surface area contributed by atoms with E-state index in [1.165, 1.54) is 0 Å². The number of piperidine rings is 1. The van der Waals surface area contributed by atoms with E-state index in [4.69, 9.17) is 0 Å². The van der Waals surface area contributed by atoms with Gasteiger partial charge >= 0.3 is 6.36 Å². The van der Waals surface area contributed by atoms with E-state index in [1.54, 1.807) is 11.8 Å². The molecule has 41 heavy (non-hydrogen) atoms. The number of aromatic nitrogens is 1. The van der Waals surface area contributed by atoms with Gasteiger partial charge in [-0.2, -0.15) is 11.8 Å². The zero-order valence-electron chi connectivity index (χ0n) is 24.2. The van der Waals surface area contributed by atoms with Crippen LogP contribution in [0.3, 0.4) is 0 Å². The molecule has 1 aromatic heterocycles. The molecule has 0 bridgehead atoms. The maximum atomic E-state index is 13.6. The SMILES string of the molecule is CSC1CC(C)NC(=O)C1CNC(=O)c1c(C)n([C@H](C)C2CCC(N3CC(OC(F)(F)F)C3)CC2)c2ccccc12. The van der Waals surface area contributed by atoms with Gasteiger partial charge in [0.2, 0.25) is 5.91 Å². The first kappa shape index (κ1) is 30.2. The highest BCUT2D eigenvalue weighted by molar-refractivity contribution is 7.99. The Balaban J connectivity index is 1.25. The van der Waals surface area contributed by atoms with E-state index in [2.05, 4.69) is 37.8 Å². The summed E-state index contributed by atoms with van der Waals surface area (Å²) in [5.41, 5.74) is 2.59. The monoisotopic (exact) mass is 594 g/mol. The van der Waals surface area contributed by atoms with Gasteiger partial charge in [-0.3, -0.25) is 19.2 Å². The molecule has 1 aliphatic carbocycles. The number of nitrogens with one attached hydrogen (secondary N) is 2. The van der Waals surface area contributed by atoms with Gasteiger partial charge in [-0.25, -0.2) is 0 Å². The number of alkyl halides is 3. The lowest BCUT2D eigenvalue weighted by atomic mass is 9.80. The van der Waals surface area contributed by atoms with Crippen molar-refractivity contribution in [2.45, 2.75) is 88.7 Å². The number of hydrogen-bond donors (Lipinski definition) is 2. The van der Waals surface area contributed by atoms with E-state index in [0.717, 1.165) is 48.7 Å². The van der Waals surface area contributed by atoms with Gasteiger partial charge in [0.15, 0.2) is 0 Å². The van der Waals surface area contributed by atoms with Crippen molar-refractivity contribution in [1.82, 2.24) is 20.1 Å². The molecule has 4 atom stereocenters. The van der Waals surface area contributed by atoms with Gasteiger partial charge in [-0.1, -0.05) is 18.2 Å². The Hall–Kier alpha value is -2.24. The fourth-order valence-electron chi connectivity index (χ4n) is 7.26. The van der Waals surface area contributed by atoms with Crippen molar-refractivity contribution < 1.29 is 27.5 Å². The van der Waals surface area contributed by atoms with Gasteiger partial charge in [0.1, 0.15) is 0 Å². The molecular formula is C30H41F3N4O3S. The number of carbonyl (C=O) groups excluding carboxylic acids is 2. The largest absolute Gasteiger partial charge is 0.522 e. The Kier molecular flexibility index (Phi) is 8.97. The van der Waals surface area contributed by atoms with E-state index in [0.29, 0.717) is 37.2 Å². The van der Waals surface area contributed by atoms with Crippen molar-refractivity contribution in [3.8, 4) is 0 Å². The quantitative estimate of drug-likeness (QED) is 0.435. The lowest BCUT2D eigenvalue weighted by Gasteiger charge is -2.46. The molecule has 2 amide bonds. The molecule has 2 N–H and O–H groups in total. The molecule has 1 aromatic carbocycles. The van der Waals surface area contributed by atoms with Crippen LogP contribution in [0.5, 0.6) is 0 Å². The van der Waals surface area contributed by atoms with Gasteiger partial charge in [0.25, 0.3) is 5.91 Å². The first-order valence-corrected chi connectivity index (χ1v) is 15.9. The summed E-state index contributed by atoms with van der Waals surface area (Å²) in [6.45, 7) is 7.19. The van der Waals surface area contributed by atoms with Crippen LogP contribution >= 0.6 is 11.8 Å². The summed E-state index contributed by atoms with van der Waals surface area (Å²) in [5.74, 6) is -0.0356. The predicted octanol–water partition coefficient (Wildman–Crippen LogP) is 5.28. The number of halogens is 3. The van der Waals surface area contributed by atoms with Gasteiger partial charge in [-0.05, 0) is 71.1 Å². The molecule has 3 unspecified atom stereocenters. The molecule has 0 radical (unpaired) electrons. The summed E-state index contributed by atoms with van der Waals surface area (Å²) in [7, 11) is 0. The van der Waals surface area contributed by atoms with Crippen LogP contribution in [0.4, 0.5) is 13.2 Å². The third kappa shape index (κ3) is 6.41. The Bertz CT molecular complexity index is 1250. The summed E-state index contributed by atoms with van der Waals surface area (Å²) in [5, 5.41) is 7.17. The molecule has 7 nitrogen and oxygen atoms in total. The van der Waals surface area contributed by atoms with Crippen LogP contribution in [0.1, 0.15) is 68.0 Å². The van der Waals surface area contributed by atoms with Crippen molar-refractivity contribution >= 4 is 34.5 Å². The number of ether oxygens (including phenoxy) is 1. The second kappa shape index (κ2) is 12.2. The normalized spacial score (nSPS) is 28.8. The lowest BCUT2D eigenvalue weighted by molar-refractivity contribution is -0.356. The number of amides is 2. The number of benzene rings is 1. The van der Waals surface area contributed by atoms with E-state index in [9.17, 15) is 22.8 Å². The standard InChI is InChI=1S/C30H41F3N4O3S/c1-17-13-26(41-4)24(28(38)35-17)14-34-29(39)27-19(3)37(25-8-6-5-7-23(25)27)18(2)20-9-11-21(12-10-20)36-15-22(16-36)40-30(31,32)33/h5-8,17-18,20-22,24,26H,9-16H2,1-4H3,(H,34,39)(H,35,38)/t17?,18-,20?,21?,24?,26?/m1/s1. The van der Waals surface area contributed by atoms with Gasteiger partial charge in [0, 0.05) is 59.6 Å². The van der Waals surface area contributed by atoms with Gasteiger partial charge in [-0.15, -0.1) is 13.2 Å². The molecule has 3 heterocycles. The maximum absolute atomic E-state index is 13.6. The molecule has 11 heteroatoms. The minimum absolute atomic E-state index is 0.00611. The highest BCUT2D eigenvalue weighted by Gasteiger charge is 2.42. The smallest absolute Gasteiger partial charge is 0.353 e. The van der Waals surface area contributed by atoms with Crippen molar-refractivity contribution in [2.75, 3.05) is 25.9 Å². The minimum atomic E-state index is -4.57. The Morgan fingerprint density at radius 2 is 1.88 bits per heavy atom. The third-order valence-electron chi connectivity index (χ3n) is 9.45. The number of nitrogens with zero attached hydrogens (tertiary/aromatic N) is 2. The molecule has 2 aromatic rings. The van der Waals surface area contributed by atoms with Crippen LogP contribution in [-0.4, -0.2) is 77.0 Å². The fourth-order valence-corrected chi connectivity index (χ4v) is 8.29. The number of hydrogen-bond acceptors (Lipinski definition) is 5. The Morgan fingerprint density at radius 3 is 2.54 bits per heavy atom. The first-order valence-electron chi connectivity index (χ1n) is 14.7. The first-order chi connectivity index (χ1) is 19.5. The topological polar surface area (TPSA) is 75.6 Å². The van der Waals surface area contributed by atoms with E-state index < -0.39 is 12.5 Å². The lowest BCUT2D eigenvalue weighted by Crippen LogP contribution is -2.58. The van der Waals surface area contributed by atoms with Crippen LogP contribution in [0.25, 0.3) is 10.9 Å². The van der Waals surface area contributed by atoms with Crippen LogP contribution in [-0.2, 0) is 9.53 Å². The number of rotatable bonds is 8. The number of carbonyl (C=O) groups is 2. The van der Waals surface area contributed by atoms with E-state index in [-0.39, 0.29) is 35.1 Å². The minimum Gasteiger partial charge on any atom is -0.353 e. The van der Waals surface area contributed by atoms with Crippen LogP contribution in [0, 0.1) is 18.8 Å². The molecule has 3 fully saturated rings. The fraction of sp³-hybridized carbons (Fsp3) is 0.667. The summed E-state index contributed by atoms with van der Waals surface area (Å²) in [6, 6.07) is 8.56. The zero-order valence-corrected chi connectivity index (χ0v) is 25.0. The average Bonchev–Trinajstić information content (AvgIpc) is 3.20. The highest BCUT2D eigenvalue weighted by atomic mass is 32.2. The zero-order chi connectivity index (χ0) is 29.5. The predicted molar refractivity (Wildman–Crippen MR) is 155 cm³/mol. The van der Waals surface area contributed by atoms with Crippen molar-refractivity contribution in [2.24, 2.45) is 11.8 Å². The van der Waals surface area contributed by atoms with Crippen LogP contribution in [0.2, 0.25) is 0 Å². The Labute approximate surface area is 243 Å². The highest BCUT2D eigenvalue weighted by Crippen LogP contribution is 2.40. The molecule has 226 valence electrons. The second-order valence-corrected chi connectivity index (χ2v) is 13.1. The maximum Gasteiger partial charge on any atom is 0.522 e. The van der Waals surface area contributed by atoms with E-state index >= 15 is 0 Å². The van der Waals surface area contributed by atoms with Crippen LogP contribution < -0.4 is 10.6 Å².